The van der Waals surface area contributed by atoms with Gasteiger partial charge in [-0.25, -0.2) is 18.2 Å². The third kappa shape index (κ3) is 5.47. The van der Waals surface area contributed by atoms with E-state index in [1.165, 1.54) is 28.6 Å². The molecule has 0 spiro atoms. The first-order valence-electron chi connectivity index (χ1n) is 10.5. The van der Waals surface area contributed by atoms with Crippen LogP contribution in [0.5, 0.6) is 0 Å². The zero-order valence-electron chi connectivity index (χ0n) is 18.6. The fraction of sp³-hybridized carbons (Fsp3) is 0.261. The zero-order valence-corrected chi connectivity index (χ0v) is 20.2. The topological polar surface area (TPSA) is 106 Å². The van der Waals surface area contributed by atoms with Crippen LogP contribution in [0.1, 0.15) is 40.8 Å². The van der Waals surface area contributed by atoms with E-state index in [1.54, 1.807) is 20.8 Å². The number of carbonyl (C=O) groups is 2. The van der Waals surface area contributed by atoms with E-state index in [4.69, 9.17) is 4.74 Å². The third-order valence-electron chi connectivity index (χ3n) is 4.82. The Morgan fingerprint density at radius 2 is 1.64 bits per heavy atom. The maximum absolute atomic E-state index is 12.8. The summed E-state index contributed by atoms with van der Waals surface area (Å²) in [6, 6.07) is 14.9. The number of thiazole rings is 1. The lowest BCUT2D eigenvalue weighted by Gasteiger charge is -2.18. The quantitative estimate of drug-likeness (QED) is 0.452. The lowest BCUT2D eigenvalue weighted by molar-refractivity contribution is 0.0532. The highest BCUT2D eigenvalue weighted by atomic mass is 32.2. The molecule has 0 aliphatic rings. The first-order valence-corrected chi connectivity index (χ1v) is 12.7. The molecule has 1 heterocycles. The number of hydrogen-bond acceptors (Lipinski definition) is 7. The Bertz CT molecular complexity index is 1220. The summed E-state index contributed by atoms with van der Waals surface area (Å²) in [7, 11) is -3.61. The average molecular weight is 488 g/mol. The molecule has 1 N–H and O–H groups in total. The molecule has 1 amide bonds. The molecule has 0 fully saturated rings. The number of hydrogen-bond donors (Lipinski definition) is 1. The normalized spacial score (nSPS) is 11.4. The van der Waals surface area contributed by atoms with E-state index in [-0.39, 0.29) is 22.2 Å². The number of rotatable bonds is 9. The van der Waals surface area contributed by atoms with Gasteiger partial charge in [0, 0.05) is 24.2 Å². The molecule has 0 aliphatic heterocycles. The molecule has 0 saturated heterocycles. The van der Waals surface area contributed by atoms with Gasteiger partial charge in [-0.3, -0.25) is 10.1 Å². The van der Waals surface area contributed by atoms with E-state index in [0.717, 1.165) is 16.9 Å². The molecule has 0 aliphatic carbocycles. The molecule has 0 saturated carbocycles. The average Bonchev–Trinajstić information content (AvgIpc) is 3.24. The molecule has 8 nitrogen and oxygen atoms in total. The minimum absolute atomic E-state index is 0.118. The summed E-state index contributed by atoms with van der Waals surface area (Å²) in [6.45, 7) is 6.19. The molecular formula is C23H25N3O5S2. The van der Waals surface area contributed by atoms with Crippen LogP contribution in [0.3, 0.4) is 0 Å². The second kappa shape index (κ2) is 10.7. The van der Waals surface area contributed by atoms with Gasteiger partial charge in [-0.15, -0.1) is 0 Å². The first-order chi connectivity index (χ1) is 15.8. The van der Waals surface area contributed by atoms with Gasteiger partial charge in [-0.05, 0) is 31.2 Å². The van der Waals surface area contributed by atoms with E-state index in [9.17, 15) is 18.0 Å². The summed E-state index contributed by atoms with van der Waals surface area (Å²) in [6.07, 6.45) is 0. The highest BCUT2D eigenvalue weighted by Crippen LogP contribution is 2.32. The van der Waals surface area contributed by atoms with E-state index in [2.05, 4.69) is 10.3 Å². The van der Waals surface area contributed by atoms with Gasteiger partial charge in [0.05, 0.1) is 17.2 Å². The van der Waals surface area contributed by atoms with Gasteiger partial charge in [-0.1, -0.05) is 55.5 Å². The van der Waals surface area contributed by atoms with E-state index in [1.807, 2.05) is 30.3 Å². The SMILES string of the molecule is CCOC(=O)c1sc(NC(=O)c2ccc(S(=O)(=O)N(CC)CC)cc2)nc1-c1ccccc1. The predicted octanol–water partition coefficient (Wildman–Crippen LogP) is 4.27. The van der Waals surface area contributed by atoms with E-state index >= 15 is 0 Å². The summed E-state index contributed by atoms with van der Waals surface area (Å²) in [5.41, 5.74) is 1.42. The molecule has 3 rings (SSSR count). The second-order valence-corrected chi connectivity index (χ2v) is 9.79. The smallest absolute Gasteiger partial charge is 0.350 e. The number of carbonyl (C=O) groups excluding carboxylic acids is 2. The van der Waals surface area contributed by atoms with Gasteiger partial charge in [-0.2, -0.15) is 4.31 Å². The molecule has 10 heteroatoms. The van der Waals surface area contributed by atoms with Gasteiger partial charge in [0.25, 0.3) is 5.91 Å². The Hall–Kier alpha value is -3.08. The molecule has 3 aromatic rings. The Balaban J connectivity index is 1.85. The van der Waals surface area contributed by atoms with Crippen LogP contribution in [0, 0.1) is 0 Å². The lowest BCUT2D eigenvalue weighted by atomic mass is 10.1. The Morgan fingerprint density at radius 3 is 2.21 bits per heavy atom. The van der Waals surface area contributed by atoms with Gasteiger partial charge in [0.1, 0.15) is 4.88 Å². The van der Waals surface area contributed by atoms with Crippen molar-refractivity contribution in [3.8, 4) is 11.3 Å². The van der Waals surface area contributed by atoms with Crippen molar-refractivity contribution in [3.05, 3.63) is 65.0 Å². The monoisotopic (exact) mass is 487 g/mol. The number of sulfonamides is 1. The zero-order chi connectivity index (χ0) is 24.0. The molecule has 33 heavy (non-hydrogen) atoms. The lowest BCUT2D eigenvalue weighted by Crippen LogP contribution is -2.30. The number of amides is 1. The van der Waals surface area contributed by atoms with Crippen LogP contribution in [0.4, 0.5) is 5.13 Å². The van der Waals surface area contributed by atoms with Crippen molar-refractivity contribution in [2.75, 3.05) is 25.0 Å². The molecule has 0 atom stereocenters. The van der Waals surface area contributed by atoms with Crippen LogP contribution in [-0.2, 0) is 14.8 Å². The maximum atomic E-state index is 12.8. The molecular weight excluding hydrogens is 462 g/mol. The van der Waals surface area contributed by atoms with Crippen molar-refractivity contribution in [1.29, 1.82) is 0 Å². The molecule has 0 unspecified atom stereocenters. The Kier molecular flexibility index (Phi) is 7.96. The number of esters is 1. The van der Waals surface area contributed by atoms with Crippen molar-refractivity contribution in [2.24, 2.45) is 0 Å². The Morgan fingerprint density at radius 1 is 1.00 bits per heavy atom. The van der Waals surface area contributed by atoms with Gasteiger partial charge in [0.15, 0.2) is 5.13 Å². The van der Waals surface area contributed by atoms with Crippen LogP contribution in [-0.4, -0.2) is 49.3 Å². The molecule has 0 bridgehead atoms. The van der Waals surface area contributed by atoms with Crippen molar-refractivity contribution in [1.82, 2.24) is 9.29 Å². The van der Waals surface area contributed by atoms with Crippen molar-refractivity contribution < 1.29 is 22.7 Å². The number of anilines is 1. The molecule has 174 valence electrons. The number of nitrogens with zero attached hydrogens (tertiary/aromatic N) is 2. The summed E-state index contributed by atoms with van der Waals surface area (Å²) in [4.78, 5) is 30.0. The number of benzene rings is 2. The van der Waals surface area contributed by atoms with E-state index < -0.39 is 21.9 Å². The Labute approximate surface area is 197 Å². The van der Waals surface area contributed by atoms with Gasteiger partial charge < -0.3 is 4.74 Å². The fourth-order valence-corrected chi connectivity index (χ4v) is 5.49. The van der Waals surface area contributed by atoms with E-state index in [0.29, 0.717) is 23.7 Å². The van der Waals surface area contributed by atoms with Crippen molar-refractivity contribution in [2.45, 2.75) is 25.7 Å². The van der Waals surface area contributed by atoms with Crippen molar-refractivity contribution in [3.63, 3.8) is 0 Å². The highest BCUT2D eigenvalue weighted by molar-refractivity contribution is 7.89. The van der Waals surface area contributed by atoms with Crippen LogP contribution < -0.4 is 5.32 Å². The minimum atomic E-state index is -3.61. The predicted molar refractivity (Wildman–Crippen MR) is 128 cm³/mol. The maximum Gasteiger partial charge on any atom is 0.350 e. The van der Waals surface area contributed by atoms with Gasteiger partial charge in [0.2, 0.25) is 10.0 Å². The third-order valence-corrected chi connectivity index (χ3v) is 7.83. The largest absolute Gasteiger partial charge is 0.462 e. The fourth-order valence-electron chi connectivity index (χ4n) is 3.16. The number of aromatic nitrogens is 1. The van der Waals surface area contributed by atoms with Crippen LogP contribution in [0.2, 0.25) is 0 Å². The van der Waals surface area contributed by atoms with Gasteiger partial charge >= 0.3 is 5.97 Å². The molecule has 2 aromatic carbocycles. The van der Waals surface area contributed by atoms with Crippen LogP contribution >= 0.6 is 11.3 Å². The van der Waals surface area contributed by atoms with Crippen molar-refractivity contribution >= 4 is 38.4 Å². The van der Waals surface area contributed by atoms with Crippen LogP contribution in [0.25, 0.3) is 11.3 Å². The summed E-state index contributed by atoms with van der Waals surface area (Å²) in [5.74, 6) is -0.981. The molecule has 0 radical (unpaired) electrons. The summed E-state index contributed by atoms with van der Waals surface area (Å²) in [5, 5.41) is 2.93. The number of ether oxygens (including phenoxy) is 1. The minimum Gasteiger partial charge on any atom is -0.462 e. The molecule has 1 aromatic heterocycles. The summed E-state index contributed by atoms with van der Waals surface area (Å²) >= 11 is 1.02. The first kappa shape index (κ1) is 24.6. The second-order valence-electron chi connectivity index (χ2n) is 6.85. The standard InChI is InChI=1S/C23H25N3O5S2/c1-4-26(5-2)33(29,30)18-14-12-17(13-15-18)21(27)25-23-24-19(16-10-8-7-9-11-16)20(32-23)22(28)31-6-3/h7-15H,4-6H2,1-3H3,(H,24,25,27). The highest BCUT2D eigenvalue weighted by Gasteiger charge is 2.23. The van der Waals surface area contributed by atoms with Crippen LogP contribution in [0.15, 0.2) is 59.5 Å². The number of nitrogens with one attached hydrogen (secondary N) is 1. The summed E-state index contributed by atoms with van der Waals surface area (Å²) < 4.78 is 31.7.